The van der Waals surface area contributed by atoms with E-state index in [0.717, 1.165) is 19.6 Å². The van der Waals surface area contributed by atoms with Gasteiger partial charge in [-0.1, -0.05) is 13.8 Å². The average Bonchev–Trinajstić information content (AvgIpc) is 2.53. The molecule has 0 bridgehead atoms. The van der Waals surface area contributed by atoms with E-state index in [1.54, 1.807) is 12.7 Å². The van der Waals surface area contributed by atoms with Gasteiger partial charge in [0.1, 0.15) is 12.7 Å². The van der Waals surface area contributed by atoms with E-state index in [2.05, 4.69) is 29.2 Å². The molecule has 0 aliphatic carbocycles. The molecule has 0 aliphatic heterocycles. The molecule has 0 saturated heterocycles. The predicted octanol–water partition coefficient (Wildman–Crippen LogP) is 0.524. The highest BCUT2D eigenvalue weighted by molar-refractivity contribution is 4.61. The molecule has 0 aliphatic rings. The Morgan fingerprint density at radius 3 is 3.00 bits per heavy atom. The topological polar surface area (TPSA) is 42.7 Å². The van der Waals surface area contributed by atoms with E-state index in [-0.39, 0.29) is 0 Å². The Balaban J connectivity index is 2.22. The van der Waals surface area contributed by atoms with E-state index in [1.807, 2.05) is 4.68 Å². The molecule has 1 heterocycles. The van der Waals surface area contributed by atoms with E-state index in [0.29, 0.717) is 5.92 Å². The van der Waals surface area contributed by atoms with Gasteiger partial charge in [0.25, 0.3) is 0 Å². The largest absolute Gasteiger partial charge is 0.317 e. The first kappa shape index (κ1) is 9.19. The molecule has 0 aromatic carbocycles. The molecule has 0 saturated carbocycles. The standard InChI is InChI=1S/C8H16N4/c1-3-9-4-8(2)5-12-7-10-6-11-12/h6-9H,3-5H2,1-2H3. The lowest BCUT2D eigenvalue weighted by molar-refractivity contribution is 0.426. The highest BCUT2D eigenvalue weighted by atomic mass is 15.3. The van der Waals surface area contributed by atoms with Crippen LogP contribution < -0.4 is 5.32 Å². The first-order valence-corrected chi connectivity index (χ1v) is 4.36. The van der Waals surface area contributed by atoms with Gasteiger partial charge in [0.15, 0.2) is 0 Å². The lowest BCUT2D eigenvalue weighted by Gasteiger charge is -2.10. The minimum absolute atomic E-state index is 0.603. The SMILES string of the molecule is CCNCC(C)Cn1cncn1. The number of aromatic nitrogens is 3. The summed E-state index contributed by atoms with van der Waals surface area (Å²) in [7, 11) is 0. The summed E-state index contributed by atoms with van der Waals surface area (Å²) in [6.45, 7) is 7.32. The van der Waals surface area contributed by atoms with Crippen molar-refractivity contribution < 1.29 is 0 Å². The summed E-state index contributed by atoms with van der Waals surface area (Å²) in [5.74, 6) is 0.603. The Morgan fingerprint density at radius 1 is 1.58 bits per heavy atom. The van der Waals surface area contributed by atoms with Crippen LogP contribution in [-0.2, 0) is 6.54 Å². The highest BCUT2D eigenvalue weighted by Crippen LogP contribution is 1.95. The number of hydrogen-bond acceptors (Lipinski definition) is 3. The van der Waals surface area contributed by atoms with Crippen LogP contribution in [0.1, 0.15) is 13.8 Å². The van der Waals surface area contributed by atoms with Crippen molar-refractivity contribution in [3.63, 3.8) is 0 Å². The second-order valence-corrected chi connectivity index (χ2v) is 3.03. The molecule has 0 spiro atoms. The molecule has 0 fully saturated rings. The van der Waals surface area contributed by atoms with E-state index in [1.165, 1.54) is 0 Å². The highest BCUT2D eigenvalue weighted by Gasteiger charge is 2.01. The fourth-order valence-corrected chi connectivity index (χ4v) is 1.10. The first-order chi connectivity index (χ1) is 5.83. The van der Waals surface area contributed by atoms with Gasteiger partial charge in [-0.05, 0) is 19.0 Å². The summed E-state index contributed by atoms with van der Waals surface area (Å²) in [6.07, 6.45) is 3.32. The zero-order valence-corrected chi connectivity index (χ0v) is 7.70. The Kier molecular flexibility index (Phi) is 3.73. The van der Waals surface area contributed by atoms with Gasteiger partial charge < -0.3 is 5.32 Å². The molecule has 4 heteroatoms. The molecule has 12 heavy (non-hydrogen) atoms. The molecule has 1 unspecified atom stereocenters. The van der Waals surface area contributed by atoms with Crippen LogP contribution in [0.4, 0.5) is 0 Å². The molecular weight excluding hydrogens is 152 g/mol. The van der Waals surface area contributed by atoms with Crippen LogP contribution in [0.15, 0.2) is 12.7 Å². The zero-order valence-electron chi connectivity index (χ0n) is 7.70. The van der Waals surface area contributed by atoms with Gasteiger partial charge in [0, 0.05) is 6.54 Å². The van der Waals surface area contributed by atoms with E-state index >= 15 is 0 Å². The molecule has 1 atom stereocenters. The summed E-state index contributed by atoms with van der Waals surface area (Å²) in [5, 5.41) is 7.34. The van der Waals surface area contributed by atoms with Crippen molar-refractivity contribution in [2.75, 3.05) is 13.1 Å². The van der Waals surface area contributed by atoms with Gasteiger partial charge in [-0.15, -0.1) is 0 Å². The number of hydrogen-bond donors (Lipinski definition) is 1. The fraction of sp³-hybridized carbons (Fsp3) is 0.750. The molecule has 1 aromatic heterocycles. The van der Waals surface area contributed by atoms with Crippen molar-refractivity contribution in [1.29, 1.82) is 0 Å². The molecule has 0 amide bonds. The van der Waals surface area contributed by atoms with Crippen molar-refractivity contribution in [2.24, 2.45) is 5.92 Å². The van der Waals surface area contributed by atoms with E-state index < -0.39 is 0 Å². The molecule has 0 radical (unpaired) electrons. The third-order valence-corrected chi connectivity index (χ3v) is 1.71. The van der Waals surface area contributed by atoms with Crippen molar-refractivity contribution in [3.05, 3.63) is 12.7 Å². The van der Waals surface area contributed by atoms with E-state index in [9.17, 15) is 0 Å². The Hall–Kier alpha value is -0.900. The molecule has 4 nitrogen and oxygen atoms in total. The van der Waals surface area contributed by atoms with Crippen molar-refractivity contribution in [3.8, 4) is 0 Å². The third kappa shape index (κ3) is 3.00. The van der Waals surface area contributed by atoms with Crippen LogP contribution in [0.2, 0.25) is 0 Å². The van der Waals surface area contributed by atoms with Gasteiger partial charge in [-0.25, -0.2) is 4.98 Å². The van der Waals surface area contributed by atoms with Crippen LogP contribution >= 0.6 is 0 Å². The maximum absolute atomic E-state index is 4.04. The summed E-state index contributed by atoms with van der Waals surface area (Å²) in [5.41, 5.74) is 0. The average molecular weight is 168 g/mol. The van der Waals surface area contributed by atoms with Gasteiger partial charge >= 0.3 is 0 Å². The zero-order chi connectivity index (χ0) is 8.81. The Bertz CT molecular complexity index is 195. The van der Waals surface area contributed by atoms with E-state index in [4.69, 9.17) is 0 Å². The van der Waals surface area contributed by atoms with Gasteiger partial charge in [-0.2, -0.15) is 5.10 Å². The van der Waals surface area contributed by atoms with Crippen LogP contribution in [0.3, 0.4) is 0 Å². The molecule has 68 valence electrons. The quantitative estimate of drug-likeness (QED) is 0.697. The smallest absolute Gasteiger partial charge is 0.137 e. The molecule has 1 N–H and O–H groups in total. The number of nitrogens with zero attached hydrogens (tertiary/aromatic N) is 3. The first-order valence-electron chi connectivity index (χ1n) is 4.36. The van der Waals surface area contributed by atoms with Crippen LogP contribution in [0.5, 0.6) is 0 Å². The van der Waals surface area contributed by atoms with Crippen LogP contribution in [0.25, 0.3) is 0 Å². The van der Waals surface area contributed by atoms with Crippen molar-refractivity contribution in [2.45, 2.75) is 20.4 Å². The molecule has 1 rings (SSSR count). The summed E-state index contributed by atoms with van der Waals surface area (Å²) >= 11 is 0. The Labute approximate surface area is 73.0 Å². The van der Waals surface area contributed by atoms with Crippen LogP contribution in [0, 0.1) is 5.92 Å². The fourth-order valence-electron chi connectivity index (χ4n) is 1.10. The summed E-state index contributed by atoms with van der Waals surface area (Å²) in [6, 6.07) is 0. The normalized spacial score (nSPS) is 13.2. The molecular formula is C8H16N4. The lowest BCUT2D eigenvalue weighted by Crippen LogP contribution is -2.23. The predicted molar refractivity (Wildman–Crippen MR) is 47.7 cm³/mol. The monoisotopic (exact) mass is 168 g/mol. The van der Waals surface area contributed by atoms with Gasteiger partial charge in [-0.3, -0.25) is 4.68 Å². The minimum Gasteiger partial charge on any atom is -0.317 e. The number of rotatable bonds is 5. The maximum Gasteiger partial charge on any atom is 0.137 e. The summed E-state index contributed by atoms with van der Waals surface area (Å²) < 4.78 is 1.86. The maximum atomic E-state index is 4.04. The second-order valence-electron chi connectivity index (χ2n) is 3.03. The third-order valence-electron chi connectivity index (χ3n) is 1.71. The summed E-state index contributed by atoms with van der Waals surface area (Å²) in [4.78, 5) is 3.89. The van der Waals surface area contributed by atoms with Gasteiger partial charge in [0.2, 0.25) is 0 Å². The minimum atomic E-state index is 0.603. The van der Waals surface area contributed by atoms with Crippen molar-refractivity contribution in [1.82, 2.24) is 20.1 Å². The molecule has 1 aromatic rings. The van der Waals surface area contributed by atoms with Crippen molar-refractivity contribution >= 4 is 0 Å². The number of nitrogens with one attached hydrogen (secondary N) is 1. The van der Waals surface area contributed by atoms with Gasteiger partial charge in [0.05, 0.1) is 0 Å². The lowest BCUT2D eigenvalue weighted by atomic mass is 10.2. The second kappa shape index (κ2) is 4.87. The Morgan fingerprint density at radius 2 is 2.42 bits per heavy atom. The van der Waals surface area contributed by atoms with Crippen LogP contribution in [-0.4, -0.2) is 27.9 Å².